The number of carbonyl (C=O) groups is 1. The maximum Gasteiger partial charge on any atom is 0.227 e. The smallest absolute Gasteiger partial charge is 0.227 e. The van der Waals surface area contributed by atoms with Gasteiger partial charge >= 0.3 is 0 Å². The number of hydrogen-bond donors (Lipinski definition) is 2. The van der Waals surface area contributed by atoms with Gasteiger partial charge in [0.05, 0.1) is 43.3 Å². The molecule has 1 fully saturated rings. The zero-order valence-corrected chi connectivity index (χ0v) is 10.6. The minimum atomic E-state index is -0.131. The summed E-state index contributed by atoms with van der Waals surface area (Å²) in [6.07, 6.45) is 3.37. The summed E-state index contributed by atoms with van der Waals surface area (Å²) in [5.41, 5.74) is 1.62. The van der Waals surface area contributed by atoms with Gasteiger partial charge in [0.25, 0.3) is 0 Å². The molecule has 1 aromatic rings. The summed E-state index contributed by atoms with van der Waals surface area (Å²) >= 11 is 0. The summed E-state index contributed by atoms with van der Waals surface area (Å²) < 4.78 is 5.30. The van der Waals surface area contributed by atoms with E-state index in [0.29, 0.717) is 19.8 Å². The third-order valence-electron chi connectivity index (χ3n) is 3.07. The number of aryl methyl sites for hydroxylation is 1. The van der Waals surface area contributed by atoms with Crippen LogP contribution in [0.25, 0.3) is 0 Å². The normalized spacial score (nSPS) is 23.0. The molecule has 0 spiro atoms. The average molecular weight is 250 g/mol. The molecular formula is C12H18N4O2. The number of carbonyl (C=O) groups excluding carboxylic acids is 1. The molecule has 2 atom stereocenters. The molecule has 0 saturated carbocycles. The Labute approximate surface area is 106 Å². The van der Waals surface area contributed by atoms with E-state index in [2.05, 4.69) is 20.6 Å². The molecule has 2 heterocycles. The molecule has 1 amide bonds. The fourth-order valence-electron chi connectivity index (χ4n) is 1.92. The highest BCUT2D eigenvalue weighted by atomic mass is 16.5. The predicted molar refractivity (Wildman–Crippen MR) is 65.8 cm³/mol. The van der Waals surface area contributed by atoms with Crippen LogP contribution >= 0.6 is 0 Å². The lowest BCUT2D eigenvalue weighted by atomic mass is 10.0. The highest BCUT2D eigenvalue weighted by Crippen LogP contribution is 2.13. The van der Waals surface area contributed by atoms with E-state index in [1.165, 1.54) is 0 Å². The Kier molecular flexibility index (Phi) is 4.22. The summed E-state index contributed by atoms with van der Waals surface area (Å²) in [5.74, 6) is -0.136. The first-order valence-electron chi connectivity index (χ1n) is 6.01. The van der Waals surface area contributed by atoms with Gasteiger partial charge in [-0.15, -0.1) is 0 Å². The van der Waals surface area contributed by atoms with E-state index in [-0.39, 0.29) is 17.9 Å². The monoisotopic (exact) mass is 250 g/mol. The van der Waals surface area contributed by atoms with Crippen LogP contribution in [-0.4, -0.2) is 42.2 Å². The molecule has 18 heavy (non-hydrogen) atoms. The first-order valence-corrected chi connectivity index (χ1v) is 6.01. The molecular weight excluding hydrogens is 232 g/mol. The lowest BCUT2D eigenvalue weighted by Gasteiger charge is -2.16. The molecule has 1 aromatic heterocycles. The Morgan fingerprint density at radius 3 is 2.94 bits per heavy atom. The zero-order valence-electron chi connectivity index (χ0n) is 10.6. The molecule has 1 aliphatic rings. The summed E-state index contributed by atoms with van der Waals surface area (Å²) in [5, 5.41) is 5.95. The first kappa shape index (κ1) is 12.9. The number of rotatable bonds is 4. The highest BCUT2D eigenvalue weighted by molar-refractivity contribution is 5.79. The van der Waals surface area contributed by atoms with Crippen molar-refractivity contribution in [3.63, 3.8) is 0 Å². The second-order valence-electron chi connectivity index (χ2n) is 4.41. The molecule has 2 rings (SSSR count). The summed E-state index contributed by atoms with van der Waals surface area (Å²) in [4.78, 5) is 20.3. The number of nitrogens with zero attached hydrogens (tertiary/aromatic N) is 2. The van der Waals surface area contributed by atoms with Crippen LogP contribution < -0.4 is 10.6 Å². The van der Waals surface area contributed by atoms with Crippen molar-refractivity contribution in [3.8, 4) is 0 Å². The number of likely N-dealkylation sites (N-methyl/N-ethyl adjacent to an activating group) is 1. The minimum absolute atomic E-state index is 0.00535. The molecule has 1 saturated heterocycles. The van der Waals surface area contributed by atoms with Gasteiger partial charge in [-0.05, 0) is 14.0 Å². The Morgan fingerprint density at radius 2 is 2.28 bits per heavy atom. The van der Waals surface area contributed by atoms with Crippen LogP contribution in [0.1, 0.15) is 11.4 Å². The second-order valence-corrected chi connectivity index (χ2v) is 4.41. The maximum atomic E-state index is 12.0. The average Bonchev–Trinajstić information content (AvgIpc) is 2.86. The molecule has 0 aromatic carbocycles. The fraction of sp³-hybridized carbons (Fsp3) is 0.583. The highest BCUT2D eigenvalue weighted by Gasteiger charge is 2.32. The van der Waals surface area contributed by atoms with Crippen molar-refractivity contribution in [2.45, 2.75) is 19.5 Å². The van der Waals surface area contributed by atoms with E-state index in [4.69, 9.17) is 4.74 Å². The van der Waals surface area contributed by atoms with Gasteiger partial charge in [-0.1, -0.05) is 0 Å². The third kappa shape index (κ3) is 3.02. The standard InChI is InChI=1S/C12H18N4O2/c1-8-3-15-9(4-14-8)5-16-12(17)10-6-18-7-11(10)13-2/h3-4,10-11,13H,5-7H2,1-2H3,(H,16,17). The van der Waals surface area contributed by atoms with Crippen molar-refractivity contribution >= 4 is 5.91 Å². The Hall–Kier alpha value is -1.53. The van der Waals surface area contributed by atoms with Crippen LogP contribution in [0, 0.1) is 12.8 Å². The van der Waals surface area contributed by atoms with E-state index >= 15 is 0 Å². The van der Waals surface area contributed by atoms with Gasteiger partial charge in [-0.25, -0.2) is 0 Å². The molecule has 1 aliphatic heterocycles. The van der Waals surface area contributed by atoms with Crippen LogP contribution in [0.5, 0.6) is 0 Å². The van der Waals surface area contributed by atoms with Crippen molar-refractivity contribution in [1.82, 2.24) is 20.6 Å². The third-order valence-corrected chi connectivity index (χ3v) is 3.07. The van der Waals surface area contributed by atoms with E-state index < -0.39 is 0 Å². The van der Waals surface area contributed by atoms with Crippen LogP contribution in [0.15, 0.2) is 12.4 Å². The van der Waals surface area contributed by atoms with E-state index in [1.807, 2.05) is 14.0 Å². The SMILES string of the molecule is CNC1COCC1C(=O)NCc1cnc(C)cn1. The first-order chi connectivity index (χ1) is 8.70. The van der Waals surface area contributed by atoms with Crippen LogP contribution in [0.2, 0.25) is 0 Å². The molecule has 6 nitrogen and oxygen atoms in total. The van der Waals surface area contributed by atoms with Gasteiger partial charge in [0.1, 0.15) is 0 Å². The molecule has 0 aliphatic carbocycles. The summed E-state index contributed by atoms with van der Waals surface area (Å²) in [6.45, 7) is 3.33. The Morgan fingerprint density at radius 1 is 1.44 bits per heavy atom. The topological polar surface area (TPSA) is 76.1 Å². The van der Waals surface area contributed by atoms with Crippen molar-refractivity contribution in [1.29, 1.82) is 0 Å². The van der Waals surface area contributed by atoms with Gasteiger partial charge in [0, 0.05) is 12.2 Å². The molecule has 6 heteroatoms. The van der Waals surface area contributed by atoms with E-state index in [0.717, 1.165) is 11.4 Å². The van der Waals surface area contributed by atoms with Gasteiger partial charge in [-0.2, -0.15) is 0 Å². The van der Waals surface area contributed by atoms with Gasteiger partial charge < -0.3 is 15.4 Å². The molecule has 2 N–H and O–H groups in total. The van der Waals surface area contributed by atoms with Crippen molar-refractivity contribution in [3.05, 3.63) is 23.8 Å². The van der Waals surface area contributed by atoms with Gasteiger partial charge in [0.2, 0.25) is 5.91 Å². The number of hydrogen-bond acceptors (Lipinski definition) is 5. The quantitative estimate of drug-likeness (QED) is 0.763. The molecule has 0 bridgehead atoms. The summed E-state index contributed by atoms with van der Waals surface area (Å²) in [7, 11) is 1.84. The second kappa shape index (κ2) is 5.88. The van der Waals surface area contributed by atoms with Crippen LogP contribution in [0.4, 0.5) is 0 Å². The zero-order chi connectivity index (χ0) is 13.0. The molecule has 0 radical (unpaired) electrons. The lowest BCUT2D eigenvalue weighted by Crippen LogP contribution is -2.42. The Bertz CT molecular complexity index is 407. The maximum absolute atomic E-state index is 12.0. The minimum Gasteiger partial charge on any atom is -0.379 e. The number of aromatic nitrogens is 2. The lowest BCUT2D eigenvalue weighted by molar-refractivity contribution is -0.125. The number of nitrogens with one attached hydrogen (secondary N) is 2. The Balaban J connectivity index is 1.86. The largest absolute Gasteiger partial charge is 0.379 e. The van der Waals surface area contributed by atoms with Gasteiger partial charge in [0.15, 0.2) is 0 Å². The van der Waals surface area contributed by atoms with Crippen molar-refractivity contribution < 1.29 is 9.53 Å². The van der Waals surface area contributed by atoms with Crippen molar-refractivity contribution in [2.24, 2.45) is 5.92 Å². The van der Waals surface area contributed by atoms with Crippen LogP contribution in [-0.2, 0) is 16.1 Å². The van der Waals surface area contributed by atoms with Crippen molar-refractivity contribution in [2.75, 3.05) is 20.3 Å². The van der Waals surface area contributed by atoms with E-state index in [9.17, 15) is 4.79 Å². The summed E-state index contributed by atoms with van der Waals surface area (Å²) in [6, 6.07) is 0.0918. The van der Waals surface area contributed by atoms with Gasteiger partial charge in [-0.3, -0.25) is 14.8 Å². The predicted octanol–water partition coefficient (Wildman–Crippen LogP) is -0.364. The molecule has 98 valence electrons. The number of ether oxygens (including phenoxy) is 1. The van der Waals surface area contributed by atoms with E-state index in [1.54, 1.807) is 12.4 Å². The number of amides is 1. The fourth-order valence-corrected chi connectivity index (χ4v) is 1.92. The van der Waals surface area contributed by atoms with Crippen LogP contribution in [0.3, 0.4) is 0 Å². The molecule has 2 unspecified atom stereocenters.